The first-order valence-electron chi connectivity index (χ1n) is 6.87. The van der Waals surface area contributed by atoms with Gasteiger partial charge in [-0.05, 0) is 45.8 Å². The van der Waals surface area contributed by atoms with Crippen molar-refractivity contribution in [3.8, 4) is 0 Å². The van der Waals surface area contributed by atoms with E-state index < -0.39 is 0 Å². The van der Waals surface area contributed by atoms with Gasteiger partial charge in [0, 0.05) is 18.7 Å². The van der Waals surface area contributed by atoms with Crippen LogP contribution in [0.2, 0.25) is 0 Å². The van der Waals surface area contributed by atoms with Crippen LogP contribution in [0.4, 0.5) is 0 Å². The molecule has 3 nitrogen and oxygen atoms in total. The molecule has 2 rings (SSSR count). The Hall–Kier alpha value is -0.120. The fourth-order valence-electron chi connectivity index (χ4n) is 2.82. The lowest BCUT2D eigenvalue weighted by molar-refractivity contribution is 0.158. The largest absolute Gasteiger partial charge is 0.380 e. The summed E-state index contributed by atoms with van der Waals surface area (Å²) >= 11 is 0. The monoisotopic (exact) mass is 226 g/mol. The first kappa shape index (κ1) is 12.3. The smallest absolute Gasteiger partial charge is 0.0622 e. The molecule has 1 heterocycles. The first-order valence-corrected chi connectivity index (χ1v) is 6.87. The van der Waals surface area contributed by atoms with Crippen molar-refractivity contribution in [2.75, 3.05) is 33.4 Å². The Labute approximate surface area is 99.5 Å². The van der Waals surface area contributed by atoms with Crippen LogP contribution in [-0.2, 0) is 4.74 Å². The van der Waals surface area contributed by atoms with Gasteiger partial charge in [0.05, 0.1) is 6.61 Å². The van der Waals surface area contributed by atoms with Crippen molar-refractivity contribution in [3.05, 3.63) is 0 Å². The molecule has 2 aliphatic rings. The van der Waals surface area contributed by atoms with Crippen molar-refractivity contribution >= 4 is 0 Å². The second-order valence-corrected chi connectivity index (χ2v) is 5.29. The average Bonchev–Trinajstić information content (AvgIpc) is 2.96. The van der Waals surface area contributed by atoms with E-state index in [9.17, 15) is 0 Å². The van der Waals surface area contributed by atoms with Gasteiger partial charge in [0.2, 0.25) is 0 Å². The van der Waals surface area contributed by atoms with Gasteiger partial charge in [-0.2, -0.15) is 0 Å². The van der Waals surface area contributed by atoms with Gasteiger partial charge in [-0.3, -0.25) is 0 Å². The molecule has 0 amide bonds. The van der Waals surface area contributed by atoms with Crippen molar-refractivity contribution < 1.29 is 4.74 Å². The lowest BCUT2D eigenvalue weighted by Gasteiger charge is -2.23. The highest BCUT2D eigenvalue weighted by molar-refractivity contribution is 4.75. The summed E-state index contributed by atoms with van der Waals surface area (Å²) < 4.78 is 5.41. The summed E-state index contributed by atoms with van der Waals surface area (Å²) in [5, 5.41) is 3.67. The minimum Gasteiger partial charge on any atom is -0.380 e. The van der Waals surface area contributed by atoms with Crippen molar-refractivity contribution in [3.63, 3.8) is 0 Å². The van der Waals surface area contributed by atoms with E-state index in [2.05, 4.69) is 17.3 Å². The summed E-state index contributed by atoms with van der Waals surface area (Å²) in [5.74, 6) is 0. The van der Waals surface area contributed by atoms with Crippen LogP contribution in [0.15, 0.2) is 0 Å². The zero-order valence-electron chi connectivity index (χ0n) is 10.6. The van der Waals surface area contributed by atoms with Gasteiger partial charge in [0.15, 0.2) is 0 Å². The minimum absolute atomic E-state index is 0.673. The Morgan fingerprint density at radius 1 is 1.25 bits per heavy atom. The van der Waals surface area contributed by atoms with E-state index >= 15 is 0 Å². The number of hydrogen-bond acceptors (Lipinski definition) is 3. The van der Waals surface area contributed by atoms with Crippen LogP contribution < -0.4 is 5.32 Å². The Kier molecular flexibility index (Phi) is 5.07. The van der Waals surface area contributed by atoms with Gasteiger partial charge in [0.1, 0.15) is 0 Å². The van der Waals surface area contributed by atoms with Crippen LogP contribution >= 0.6 is 0 Å². The molecule has 1 N–H and O–H groups in total. The summed E-state index contributed by atoms with van der Waals surface area (Å²) in [4.78, 5) is 2.46. The molecule has 1 saturated carbocycles. The van der Waals surface area contributed by atoms with Gasteiger partial charge in [-0.15, -0.1) is 0 Å². The molecule has 1 saturated heterocycles. The third-order valence-electron chi connectivity index (χ3n) is 4.00. The summed E-state index contributed by atoms with van der Waals surface area (Å²) in [7, 11) is 2.23. The minimum atomic E-state index is 0.673. The second kappa shape index (κ2) is 6.58. The highest BCUT2D eigenvalue weighted by Gasteiger charge is 2.19. The van der Waals surface area contributed by atoms with Crippen molar-refractivity contribution in [1.82, 2.24) is 10.2 Å². The normalized spacial score (nSPS) is 27.0. The third-order valence-corrected chi connectivity index (χ3v) is 4.00. The molecule has 3 heteroatoms. The molecule has 1 atom stereocenters. The number of rotatable bonds is 6. The van der Waals surface area contributed by atoms with Crippen molar-refractivity contribution in [2.45, 2.75) is 50.6 Å². The Balaban J connectivity index is 1.50. The van der Waals surface area contributed by atoms with E-state index in [0.717, 1.165) is 19.3 Å². The number of likely N-dealkylation sites (N-methyl/N-ethyl adjacent to an activating group) is 1. The molecule has 0 aromatic rings. The van der Waals surface area contributed by atoms with E-state index in [1.807, 2.05) is 0 Å². The van der Waals surface area contributed by atoms with E-state index in [1.165, 1.54) is 51.6 Å². The number of hydrogen-bond donors (Lipinski definition) is 1. The second-order valence-electron chi connectivity index (χ2n) is 5.29. The van der Waals surface area contributed by atoms with Crippen LogP contribution in [0.25, 0.3) is 0 Å². The Bertz CT molecular complexity index is 186. The lowest BCUT2D eigenvalue weighted by Crippen LogP contribution is -2.35. The Morgan fingerprint density at radius 2 is 2.06 bits per heavy atom. The number of nitrogens with zero attached hydrogens (tertiary/aromatic N) is 1. The molecule has 94 valence electrons. The number of nitrogens with one attached hydrogen (secondary N) is 1. The van der Waals surface area contributed by atoms with Crippen LogP contribution in [0.1, 0.15) is 38.5 Å². The maximum atomic E-state index is 5.41. The SMILES string of the molecule is CN(CCCNC1CCCC1)C1CCOC1. The van der Waals surface area contributed by atoms with E-state index in [4.69, 9.17) is 4.74 Å². The summed E-state index contributed by atoms with van der Waals surface area (Å²) in [6.45, 7) is 4.28. The van der Waals surface area contributed by atoms with E-state index in [-0.39, 0.29) is 0 Å². The molecule has 0 radical (unpaired) electrons. The van der Waals surface area contributed by atoms with Gasteiger partial charge in [0.25, 0.3) is 0 Å². The molecule has 16 heavy (non-hydrogen) atoms. The zero-order chi connectivity index (χ0) is 11.2. The maximum absolute atomic E-state index is 5.41. The van der Waals surface area contributed by atoms with Gasteiger partial charge in [-0.25, -0.2) is 0 Å². The van der Waals surface area contributed by atoms with Crippen molar-refractivity contribution in [2.24, 2.45) is 0 Å². The van der Waals surface area contributed by atoms with Gasteiger partial charge >= 0.3 is 0 Å². The summed E-state index contributed by atoms with van der Waals surface area (Å²) in [6, 6.07) is 1.49. The molecule has 1 aliphatic heterocycles. The highest BCUT2D eigenvalue weighted by Crippen LogP contribution is 2.17. The molecule has 0 aromatic heterocycles. The molecular formula is C13H26N2O. The molecule has 0 bridgehead atoms. The predicted molar refractivity (Wildman–Crippen MR) is 66.7 cm³/mol. The Morgan fingerprint density at radius 3 is 2.75 bits per heavy atom. The quantitative estimate of drug-likeness (QED) is 0.697. The first-order chi connectivity index (χ1) is 7.86. The zero-order valence-corrected chi connectivity index (χ0v) is 10.6. The molecule has 2 fully saturated rings. The average molecular weight is 226 g/mol. The molecule has 1 unspecified atom stereocenters. The summed E-state index contributed by atoms with van der Waals surface area (Å²) in [6.07, 6.45) is 8.13. The predicted octanol–water partition coefficient (Wildman–Crippen LogP) is 1.63. The fraction of sp³-hybridized carbons (Fsp3) is 1.00. The maximum Gasteiger partial charge on any atom is 0.0622 e. The van der Waals surface area contributed by atoms with E-state index in [0.29, 0.717) is 6.04 Å². The van der Waals surface area contributed by atoms with Crippen molar-refractivity contribution in [1.29, 1.82) is 0 Å². The topological polar surface area (TPSA) is 24.5 Å². The van der Waals surface area contributed by atoms with Crippen LogP contribution in [0.3, 0.4) is 0 Å². The van der Waals surface area contributed by atoms with Gasteiger partial charge in [-0.1, -0.05) is 12.8 Å². The fourth-order valence-corrected chi connectivity index (χ4v) is 2.82. The molecular weight excluding hydrogens is 200 g/mol. The molecule has 0 spiro atoms. The summed E-state index contributed by atoms with van der Waals surface area (Å²) in [5.41, 5.74) is 0. The van der Waals surface area contributed by atoms with Crippen LogP contribution in [-0.4, -0.2) is 50.3 Å². The standard InChI is InChI=1S/C13H26N2O/c1-15(13-7-10-16-11-13)9-4-8-14-12-5-2-3-6-12/h12-14H,2-11H2,1H3. The van der Waals surface area contributed by atoms with Crippen LogP contribution in [0.5, 0.6) is 0 Å². The van der Waals surface area contributed by atoms with Gasteiger partial charge < -0.3 is 15.0 Å². The molecule has 0 aromatic carbocycles. The third kappa shape index (κ3) is 3.72. The highest BCUT2D eigenvalue weighted by atomic mass is 16.5. The number of ether oxygens (including phenoxy) is 1. The van der Waals surface area contributed by atoms with E-state index in [1.54, 1.807) is 0 Å². The lowest BCUT2D eigenvalue weighted by atomic mass is 10.2. The molecule has 1 aliphatic carbocycles. The van der Waals surface area contributed by atoms with Crippen LogP contribution in [0, 0.1) is 0 Å².